The van der Waals surface area contributed by atoms with Crippen molar-refractivity contribution < 1.29 is 0 Å². The zero-order valence-corrected chi connectivity index (χ0v) is 26.2. The van der Waals surface area contributed by atoms with Crippen LogP contribution in [0.2, 0.25) is 0 Å². The van der Waals surface area contributed by atoms with E-state index in [1.54, 1.807) is 0 Å². The summed E-state index contributed by atoms with van der Waals surface area (Å²) in [5.74, 6) is 1.39. The highest BCUT2D eigenvalue weighted by atomic mass is 14.9. The highest BCUT2D eigenvalue weighted by Crippen LogP contribution is 2.54. The Morgan fingerprint density at radius 2 is 1.11 bits per heavy atom. The van der Waals surface area contributed by atoms with Gasteiger partial charge in [-0.3, -0.25) is 4.98 Å². The van der Waals surface area contributed by atoms with Crippen LogP contribution >= 0.6 is 0 Å². The summed E-state index contributed by atoms with van der Waals surface area (Å²) in [5, 5.41) is 4.33. The lowest BCUT2D eigenvalue weighted by atomic mass is 9.78. The van der Waals surface area contributed by atoms with Gasteiger partial charge >= 0.3 is 0 Å². The van der Waals surface area contributed by atoms with E-state index in [0.717, 1.165) is 43.9 Å². The van der Waals surface area contributed by atoms with Gasteiger partial charge < -0.3 is 0 Å². The molecule has 0 radical (unpaired) electrons. The van der Waals surface area contributed by atoms with Gasteiger partial charge in [0.05, 0.1) is 5.69 Å². The molecule has 0 bridgehead atoms. The van der Waals surface area contributed by atoms with Crippen molar-refractivity contribution in [3.05, 3.63) is 132 Å². The maximum absolute atomic E-state index is 4.88. The van der Waals surface area contributed by atoms with Crippen molar-refractivity contribution in [3.8, 4) is 34.0 Å². The molecule has 8 rings (SSSR count). The summed E-state index contributed by atoms with van der Waals surface area (Å²) in [6.45, 7) is 15.3. The third-order valence-electron chi connectivity index (χ3n) is 9.93. The maximum atomic E-state index is 4.88. The molecular weight excluding hydrogens is 550 g/mol. The lowest BCUT2D eigenvalue weighted by Crippen LogP contribution is -2.16. The molecule has 0 saturated carbocycles. The number of nitrogens with zero attached hydrogens (tertiary/aromatic N) is 5. The van der Waals surface area contributed by atoms with Crippen LogP contribution in [0.15, 0.2) is 110 Å². The van der Waals surface area contributed by atoms with E-state index in [1.165, 1.54) is 33.4 Å². The van der Waals surface area contributed by atoms with Crippen molar-refractivity contribution in [2.24, 2.45) is 0 Å². The molecule has 3 aromatic heterocycles. The molecule has 5 nitrogen and oxygen atoms in total. The third-order valence-corrected chi connectivity index (χ3v) is 9.93. The first kappa shape index (κ1) is 27.3. The molecule has 2 aliphatic carbocycles. The predicted octanol–water partition coefficient (Wildman–Crippen LogP) is 9.42. The normalized spacial score (nSPS) is 15.9. The standard InChI is InChI=1S/C40H33N5/c1-7-8-12-30-23(2)24-19-25-27(21-32(24)39(30,3)4)35(38-44-17-11-18-45-38)26-20-29-33(40(5,6)31-13-9-14-41-36(29)31)22-28(26)34(25)37-42-15-10-16-43-37/h7-22H,1H2,2-6H3/b12-8-. The van der Waals surface area contributed by atoms with Crippen molar-refractivity contribution in [2.45, 2.75) is 45.4 Å². The number of benzene rings is 3. The van der Waals surface area contributed by atoms with Crippen LogP contribution in [0, 0.1) is 0 Å². The number of rotatable bonds is 4. The van der Waals surface area contributed by atoms with Crippen molar-refractivity contribution in [2.75, 3.05) is 0 Å². The molecule has 0 atom stereocenters. The molecule has 45 heavy (non-hydrogen) atoms. The van der Waals surface area contributed by atoms with Gasteiger partial charge in [0.2, 0.25) is 0 Å². The van der Waals surface area contributed by atoms with Gasteiger partial charge in [0.25, 0.3) is 0 Å². The van der Waals surface area contributed by atoms with Crippen LogP contribution in [0.25, 0.3) is 61.2 Å². The Labute approximate surface area is 263 Å². The van der Waals surface area contributed by atoms with E-state index in [-0.39, 0.29) is 10.8 Å². The van der Waals surface area contributed by atoms with Crippen LogP contribution in [0.4, 0.5) is 0 Å². The second-order valence-corrected chi connectivity index (χ2v) is 13.1. The van der Waals surface area contributed by atoms with Crippen molar-refractivity contribution >= 4 is 27.1 Å². The van der Waals surface area contributed by atoms with E-state index in [9.17, 15) is 0 Å². The van der Waals surface area contributed by atoms with Gasteiger partial charge in [-0.2, -0.15) is 0 Å². The molecule has 0 amide bonds. The van der Waals surface area contributed by atoms with Crippen LogP contribution in [0.5, 0.6) is 0 Å². The quantitative estimate of drug-likeness (QED) is 0.153. The molecule has 0 fully saturated rings. The molecule has 0 saturated heterocycles. The monoisotopic (exact) mass is 583 g/mol. The first-order valence-corrected chi connectivity index (χ1v) is 15.4. The lowest BCUT2D eigenvalue weighted by molar-refractivity contribution is 0.655. The fourth-order valence-electron chi connectivity index (χ4n) is 7.72. The molecule has 3 aromatic carbocycles. The summed E-state index contributed by atoms with van der Waals surface area (Å²) in [5.41, 5.74) is 11.3. The molecule has 0 N–H and O–H groups in total. The first-order valence-electron chi connectivity index (χ1n) is 15.4. The molecule has 6 aromatic rings. The Bertz CT molecular complexity index is 2280. The third kappa shape index (κ3) is 3.77. The molecule has 2 aliphatic rings. The fraction of sp³-hybridized carbons (Fsp3) is 0.175. The zero-order chi connectivity index (χ0) is 31.1. The number of allylic oxidation sites excluding steroid dienone is 5. The highest BCUT2D eigenvalue weighted by Gasteiger charge is 2.39. The maximum Gasteiger partial charge on any atom is 0.160 e. The second-order valence-electron chi connectivity index (χ2n) is 13.1. The molecule has 3 heterocycles. The van der Waals surface area contributed by atoms with Gasteiger partial charge in [0.15, 0.2) is 11.6 Å². The van der Waals surface area contributed by atoms with Gasteiger partial charge in [-0.1, -0.05) is 58.6 Å². The fourth-order valence-corrected chi connectivity index (χ4v) is 7.72. The number of pyridine rings is 1. The molecule has 0 unspecified atom stereocenters. The van der Waals surface area contributed by atoms with E-state index in [0.29, 0.717) is 11.6 Å². The minimum Gasteiger partial charge on any atom is -0.256 e. The molecule has 0 aliphatic heterocycles. The molecule has 0 spiro atoms. The molecule has 5 heteroatoms. The SMILES string of the molecule is C=C/C=C\C1=C(C)c2cc3c(-c4ncccn4)c4cc5c(cc4c(-c4ncccn4)c3cc2C1(C)C)-c1ncccc1C5(C)C. The summed E-state index contributed by atoms with van der Waals surface area (Å²) < 4.78 is 0. The lowest BCUT2D eigenvalue weighted by Gasteiger charge is -2.25. The average Bonchev–Trinajstić information content (AvgIpc) is 3.39. The van der Waals surface area contributed by atoms with Crippen LogP contribution in [-0.2, 0) is 10.8 Å². The van der Waals surface area contributed by atoms with Gasteiger partial charge in [0, 0.05) is 58.5 Å². The first-order chi connectivity index (χ1) is 21.7. The van der Waals surface area contributed by atoms with Gasteiger partial charge in [-0.15, -0.1) is 0 Å². The van der Waals surface area contributed by atoms with Crippen LogP contribution in [-0.4, -0.2) is 24.9 Å². The van der Waals surface area contributed by atoms with Crippen LogP contribution < -0.4 is 0 Å². The van der Waals surface area contributed by atoms with E-state index < -0.39 is 0 Å². The van der Waals surface area contributed by atoms with E-state index in [2.05, 4.69) is 77.6 Å². The van der Waals surface area contributed by atoms with E-state index in [4.69, 9.17) is 24.9 Å². The Morgan fingerprint density at radius 1 is 0.600 bits per heavy atom. The average molecular weight is 584 g/mol. The number of hydrogen-bond donors (Lipinski definition) is 0. The van der Waals surface area contributed by atoms with Gasteiger partial charge in [0.1, 0.15) is 0 Å². The zero-order valence-electron chi connectivity index (χ0n) is 26.2. The van der Waals surface area contributed by atoms with Crippen LogP contribution in [0.3, 0.4) is 0 Å². The largest absolute Gasteiger partial charge is 0.256 e. The Balaban J connectivity index is 1.59. The highest BCUT2D eigenvalue weighted by molar-refractivity contribution is 6.22. The Hall–Kier alpha value is -5.29. The minimum absolute atomic E-state index is 0.203. The molecular formula is C40H33N5. The summed E-state index contributed by atoms with van der Waals surface area (Å²) >= 11 is 0. The molecule has 218 valence electrons. The number of hydrogen-bond acceptors (Lipinski definition) is 5. The summed E-state index contributed by atoms with van der Waals surface area (Å²) in [6.07, 6.45) is 15.2. The van der Waals surface area contributed by atoms with Gasteiger partial charge in [-0.25, -0.2) is 19.9 Å². The van der Waals surface area contributed by atoms with Crippen molar-refractivity contribution in [1.82, 2.24) is 24.9 Å². The smallest absolute Gasteiger partial charge is 0.160 e. The van der Waals surface area contributed by atoms with Crippen LogP contribution in [0.1, 0.15) is 56.9 Å². The number of aromatic nitrogens is 5. The van der Waals surface area contributed by atoms with E-state index in [1.807, 2.05) is 61.3 Å². The summed E-state index contributed by atoms with van der Waals surface area (Å²) in [6, 6.07) is 17.3. The Morgan fingerprint density at radius 3 is 1.69 bits per heavy atom. The predicted molar refractivity (Wildman–Crippen MR) is 184 cm³/mol. The van der Waals surface area contributed by atoms with Gasteiger partial charge in [-0.05, 0) is 104 Å². The minimum atomic E-state index is -0.214. The van der Waals surface area contributed by atoms with Crippen molar-refractivity contribution in [3.63, 3.8) is 0 Å². The summed E-state index contributed by atoms with van der Waals surface area (Å²) in [7, 11) is 0. The van der Waals surface area contributed by atoms with Crippen molar-refractivity contribution in [1.29, 1.82) is 0 Å². The second kappa shape index (κ2) is 9.60. The topological polar surface area (TPSA) is 64.5 Å². The van der Waals surface area contributed by atoms with E-state index >= 15 is 0 Å². The Kier molecular flexibility index (Phi) is 5.82. The number of fused-ring (bicyclic) bond motifs is 6. The summed E-state index contributed by atoms with van der Waals surface area (Å²) in [4.78, 5) is 24.2.